The van der Waals surface area contributed by atoms with E-state index in [0.717, 1.165) is 16.7 Å². The molecule has 36 heavy (non-hydrogen) atoms. The zero-order valence-electron chi connectivity index (χ0n) is 19.6. The Morgan fingerprint density at radius 1 is 1.00 bits per heavy atom. The molecule has 0 aliphatic carbocycles. The molecule has 0 aliphatic rings. The summed E-state index contributed by atoms with van der Waals surface area (Å²) in [6.07, 6.45) is 1.07. The third kappa shape index (κ3) is 8.24. The molecule has 3 rings (SSSR count). The molecule has 0 aliphatic heterocycles. The van der Waals surface area contributed by atoms with E-state index >= 15 is 0 Å². The van der Waals surface area contributed by atoms with Gasteiger partial charge in [0, 0.05) is 18.6 Å². The number of nitro benzene ring substituents is 1. The monoisotopic (exact) mass is 490 g/mol. The van der Waals surface area contributed by atoms with E-state index < -0.39 is 23.0 Å². The Balaban J connectivity index is 1.53. The van der Waals surface area contributed by atoms with Crippen molar-refractivity contribution in [2.24, 2.45) is 5.10 Å². The fourth-order valence-corrected chi connectivity index (χ4v) is 3.15. The van der Waals surface area contributed by atoms with E-state index in [-0.39, 0.29) is 25.3 Å². The lowest BCUT2D eigenvalue weighted by molar-refractivity contribution is -0.384. The SMILES string of the molecule is CCOC(=O)N[C@@H](Cc1ccccc1)C(=O)N/N=C\c1ccc(OCc2ccc([N+](=O)[O-])cc2)cc1. The Kier molecular flexibility index (Phi) is 9.51. The maximum absolute atomic E-state index is 12.7. The molecule has 0 aromatic heterocycles. The molecule has 0 bridgehead atoms. The minimum absolute atomic E-state index is 0.0255. The summed E-state index contributed by atoms with van der Waals surface area (Å²) < 4.78 is 10.6. The van der Waals surface area contributed by atoms with E-state index in [1.54, 1.807) is 43.3 Å². The summed E-state index contributed by atoms with van der Waals surface area (Å²) >= 11 is 0. The van der Waals surface area contributed by atoms with Crippen molar-refractivity contribution >= 4 is 23.9 Å². The highest BCUT2D eigenvalue weighted by Gasteiger charge is 2.21. The number of nitro groups is 1. The van der Waals surface area contributed by atoms with Crippen molar-refractivity contribution in [3.05, 3.63) is 106 Å². The van der Waals surface area contributed by atoms with Crippen LogP contribution in [0.15, 0.2) is 84.0 Å². The highest BCUT2D eigenvalue weighted by molar-refractivity contribution is 5.87. The standard InChI is InChI=1S/C26H26N4O6/c1-2-35-26(32)28-24(16-19-6-4-3-5-7-19)25(31)29-27-17-20-10-14-23(15-11-20)36-18-21-8-12-22(13-9-21)30(33)34/h3-15,17,24H,2,16,18H2,1H3,(H,28,32)(H,29,31)/b27-17-/t24-/m0/s1. The molecule has 0 spiro atoms. The van der Waals surface area contributed by atoms with Crippen molar-refractivity contribution in [1.29, 1.82) is 0 Å². The fraction of sp³-hybridized carbons (Fsp3) is 0.192. The zero-order chi connectivity index (χ0) is 25.8. The number of nitrogens with one attached hydrogen (secondary N) is 2. The molecule has 0 saturated carbocycles. The highest BCUT2D eigenvalue weighted by atomic mass is 16.6. The van der Waals surface area contributed by atoms with Crippen LogP contribution in [0.4, 0.5) is 10.5 Å². The van der Waals surface area contributed by atoms with Gasteiger partial charge in [0.1, 0.15) is 18.4 Å². The predicted molar refractivity (Wildman–Crippen MR) is 134 cm³/mol. The summed E-state index contributed by atoms with van der Waals surface area (Å²) in [6, 6.07) is 21.6. The number of ether oxygens (including phenoxy) is 2. The first kappa shape index (κ1) is 25.9. The van der Waals surface area contributed by atoms with Crippen molar-refractivity contribution in [2.75, 3.05) is 6.61 Å². The van der Waals surface area contributed by atoms with Crippen LogP contribution in [0, 0.1) is 10.1 Å². The molecule has 10 nitrogen and oxygen atoms in total. The minimum atomic E-state index is -0.862. The van der Waals surface area contributed by atoms with Gasteiger partial charge in [-0.2, -0.15) is 5.10 Å². The molecule has 1 atom stereocenters. The lowest BCUT2D eigenvalue weighted by Crippen LogP contribution is -2.47. The van der Waals surface area contributed by atoms with Gasteiger partial charge < -0.3 is 14.8 Å². The van der Waals surface area contributed by atoms with E-state index in [9.17, 15) is 19.7 Å². The van der Waals surface area contributed by atoms with Crippen LogP contribution in [0.25, 0.3) is 0 Å². The van der Waals surface area contributed by atoms with Crippen LogP contribution in [0.5, 0.6) is 5.75 Å². The van der Waals surface area contributed by atoms with Gasteiger partial charge in [-0.25, -0.2) is 10.2 Å². The fourth-order valence-electron chi connectivity index (χ4n) is 3.15. The number of non-ortho nitro benzene ring substituents is 1. The number of amides is 2. The number of hydrazone groups is 1. The first-order chi connectivity index (χ1) is 17.4. The second-order valence-corrected chi connectivity index (χ2v) is 7.62. The summed E-state index contributed by atoms with van der Waals surface area (Å²) in [7, 11) is 0. The van der Waals surface area contributed by atoms with Crippen molar-refractivity contribution in [3.8, 4) is 5.75 Å². The van der Waals surface area contributed by atoms with E-state index in [1.807, 2.05) is 30.3 Å². The van der Waals surface area contributed by atoms with Crippen LogP contribution in [0.1, 0.15) is 23.6 Å². The van der Waals surface area contributed by atoms with Gasteiger partial charge in [-0.1, -0.05) is 30.3 Å². The van der Waals surface area contributed by atoms with Gasteiger partial charge >= 0.3 is 6.09 Å². The van der Waals surface area contributed by atoms with Crippen molar-refractivity contribution in [3.63, 3.8) is 0 Å². The first-order valence-corrected chi connectivity index (χ1v) is 11.2. The Morgan fingerprint density at radius 2 is 1.69 bits per heavy atom. The quantitative estimate of drug-likeness (QED) is 0.237. The lowest BCUT2D eigenvalue weighted by Gasteiger charge is -2.16. The molecule has 186 valence electrons. The number of alkyl carbamates (subject to hydrolysis) is 1. The van der Waals surface area contributed by atoms with Gasteiger partial charge in [0.2, 0.25) is 0 Å². The normalized spacial score (nSPS) is 11.5. The second-order valence-electron chi connectivity index (χ2n) is 7.62. The first-order valence-electron chi connectivity index (χ1n) is 11.2. The molecule has 2 N–H and O–H groups in total. The molecular weight excluding hydrogens is 464 g/mol. The van der Waals surface area contributed by atoms with Crippen LogP contribution in [0.2, 0.25) is 0 Å². The zero-order valence-corrected chi connectivity index (χ0v) is 19.6. The number of benzene rings is 3. The van der Waals surface area contributed by atoms with E-state index in [1.165, 1.54) is 18.3 Å². The van der Waals surface area contributed by atoms with Crippen LogP contribution >= 0.6 is 0 Å². The third-order valence-corrected chi connectivity index (χ3v) is 4.99. The Bertz CT molecular complexity index is 1180. The number of rotatable bonds is 11. The molecule has 0 unspecified atom stereocenters. The van der Waals surface area contributed by atoms with Crippen molar-refractivity contribution in [2.45, 2.75) is 26.0 Å². The van der Waals surface area contributed by atoms with E-state index in [4.69, 9.17) is 9.47 Å². The smallest absolute Gasteiger partial charge is 0.407 e. The topological polar surface area (TPSA) is 132 Å². The van der Waals surface area contributed by atoms with Gasteiger partial charge in [-0.05, 0) is 60.0 Å². The molecule has 0 radical (unpaired) electrons. The third-order valence-electron chi connectivity index (χ3n) is 4.99. The van der Waals surface area contributed by atoms with Gasteiger partial charge in [0.05, 0.1) is 17.7 Å². The van der Waals surface area contributed by atoms with E-state index in [0.29, 0.717) is 5.75 Å². The van der Waals surface area contributed by atoms with Gasteiger partial charge in [0.15, 0.2) is 0 Å². The van der Waals surface area contributed by atoms with Gasteiger partial charge in [0.25, 0.3) is 11.6 Å². The molecular formula is C26H26N4O6. The van der Waals surface area contributed by atoms with Gasteiger partial charge in [-0.15, -0.1) is 0 Å². The second kappa shape index (κ2) is 13.2. The summed E-state index contributed by atoms with van der Waals surface area (Å²) in [4.78, 5) is 34.8. The lowest BCUT2D eigenvalue weighted by atomic mass is 10.1. The summed E-state index contributed by atoms with van der Waals surface area (Å²) in [5.41, 5.74) is 4.88. The van der Waals surface area contributed by atoms with Gasteiger partial charge in [-0.3, -0.25) is 14.9 Å². The van der Waals surface area contributed by atoms with Crippen molar-refractivity contribution in [1.82, 2.24) is 10.7 Å². The molecule has 10 heteroatoms. The summed E-state index contributed by atoms with van der Waals surface area (Å²) in [5, 5.41) is 17.3. The number of nitrogens with zero attached hydrogens (tertiary/aromatic N) is 2. The van der Waals surface area contributed by atoms with Crippen LogP contribution in [-0.4, -0.2) is 35.8 Å². The predicted octanol–water partition coefficient (Wildman–Crippen LogP) is 3.98. The van der Waals surface area contributed by atoms with Crippen LogP contribution < -0.4 is 15.5 Å². The Morgan fingerprint density at radius 3 is 2.33 bits per heavy atom. The van der Waals surface area contributed by atoms with E-state index in [2.05, 4.69) is 15.8 Å². The molecule has 0 fully saturated rings. The van der Waals surface area contributed by atoms with Crippen LogP contribution in [0.3, 0.4) is 0 Å². The molecule has 0 saturated heterocycles. The maximum atomic E-state index is 12.7. The number of carbonyl (C=O) groups is 2. The summed E-state index contributed by atoms with van der Waals surface area (Å²) in [5.74, 6) is 0.127. The summed E-state index contributed by atoms with van der Waals surface area (Å²) in [6.45, 7) is 2.14. The number of hydrogen-bond donors (Lipinski definition) is 2. The highest BCUT2D eigenvalue weighted by Crippen LogP contribution is 2.16. The minimum Gasteiger partial charge on any atom is -0.489 e. The average Bonchev–Trinajstić information content (AvgIpc) is 2.89. The van der Waals surface area contributed by atoms with Crippen molar-refractivity contribution < 1.29 is 24.0 Å². The van der Waals surface area contributed by atoms with Crippen LogP contribution in [-0.2, 0) is 22.6 Å². The number of hydrogen-bond acceptors (Lipinski definition) is 7. The Labute approximate surface area is 208 Å². The maximum Gasteiger partial charge on any atom is 0.407 e. The largest absolute Gasteiger partial charge is 0.489 e. The molecule has 3 aromatic carbocycles. The number of carbonyl (C=O) groups excluding carboxylic acids is 2. The molecule has 0 heterocycles. The Hall–Kier alpha value is -4.73. The molecule has 3 aromatic rings. The molecule has 2 amide bonds. The average molecular weight is 491 g/mol.